The van der Waals surface area contributed by atoms with Gasteiger partial charge in [0.1, 0.15) is 5.75 Å². The second-order valence-electron chi connectivity index (χ2n) is 4.17. The highest BCUT2D eigenvalue weighted by atomic mass is 16.5. The Labute approximate surface area is 115 Å². The van der Waals surface area contributed by atoms with Crippen LogP contribution >= 0.6 is 0 Å². The van der Waals surface area contributed by atoms with Crippen molar-refractivity contribution in [1.29, 1.82) is 0 Å². The minimum atomic E-state index is 0.614. The summed E-state index contributed by atoms with van der Waals surface area (Å²) < 4.78 is 5.31. The zero-order valence-electron chi connectivity index (χ0n) is 12.0. The number of rotatable bonds is 6. The second-order valence-corrected chi connectivity index (χ2v) is 4.17. The fraction of sp³-hybridized carbons (Fsp3) is 0.400. The molecule has 0 aliphatic rings. The summed E-state index contributed by atoms with van der Waals surface area (Å²) in [5, 5.41) is 6.36. The van der Waals surface area contributed by atoms with Gasteiger partial charge in [-0.2, -0.15) is 0 Å². The zero-order valence-corrected chi connectivity index (χ0v) is 12.0. The molecule has 0 atom stereocenters. The molecule has 1 rings (SSSR count). The van der Waals surface area contributed by atoms with E-state index in [0.717, 1.165) is 29.4 Å². The average molecular weight is 261 g/mol. The second kappa shape index (κ2) is 8.19. The summed E-state index contributed by atoms with van der Waals surface area (Å²) in [7, 11) is 1.69. The molecule has 0 unspecified atom stereocenters. The third-order valence-corrected chi connectivity index (χ3v) is 2.65. The van der Waals surface area contributed by atoms with E-state index in [9.17, 15) is 0 Å². The Balaban J connectivity index is 2.73. The van der Waals surface area contributed by atoms with Crippen molar-refractivity contribution in [2.45, 2.75) is 20.4 Å². The minimum Gasteiger partial charge on any atom is -0.496 e. The Kier molecular flexibility index (Phi) is 6.50. The molecule has 1 aromatic carbocycles. The summed E-state index contributed by atoms with van der Waals surface area (Å²) in [5.41, 5.74) is 2.25. The maximum atomic E-state index is 5.31. The molecule has 0 aliphatic heterocycles. The van der Waals surface area contributed by atoms with E-state index >= 15 is 0 Å². The molecule has 4 nitrogen and oxygen atoms in total. The van der Waals surface area contributed by atoms with E-state index < -0.39 is 0 Å². The molecule has 19 heavy (non-hydrogen) atoms. The van der Waals surface area contributed by atoms with Gasteiger partial charge in [-0.15, -0.1) is 6.58 Å². The molecule has 1 aromatic rings. The highest BCUT2D eigenvalue weighted by molar-refractivity contribution is 5.79. The summed E-state index contributed by atoms with van der Waals surface area (Å²) in [5.74, 6) is 1.69. The van der Waals surface area contributed by atoms with Crippen molar-refractivity contribution >= 4 is 5.96 Å². The number of guanidine groups is 1. The molecule has 0 bridgehead atoms. The number of ether oxygens (including phenoxy) is 1. The lowest BCUT2D eigenvalue weighted by Crippen LogP contribution is -2.37. The van der Waals surface area contributed by atoms with Gasteiger partial charge in [0.2, 0.25) is 0 Å². The fourth-order valence-electron chi connectivity index (χ4n) is 1.64. The minimum absolute atomic E-state index is 0.614. The average Bonchev–Trinajstić information content (AvgIpc) is 2.43. The monoisotopic (exact) mass is 261 g/mol. The molecule has 0 saturated carbocycles. The lowest BCUT2D eigenvalue weighted by atomic mass is 10.1. The van der Waals surface area contributed by atoms with Crippen molar-refractivity contribution < 1.29 is 4.74 Å². The summed E-state index contributed by atoms with van der Waals surface area (Å²) in [6.07, 6.45) is 1.81. The molecule has 0 saturated heterocycles. The third-order valence-electron chi connectivity index (χ3n) is 2.65. The van der Waals surface area contributed by atoms with Crippen LogP contribution in [-0.2, 0) is 6.54 Å². The number of benzene rings is 1. The largest absolute Gasteiger partial charge is 0.496 e. The number of aliphatic imine (C=N–C) groups is 1. The third kappa shape index (κ3) is 5.04. The van der Waals surface area contributed by atoms with Crippen LogP contribution in [0.15, 0.2) is 35.8 Å². The number of aryl methyl sites for hydroxylation is 1. The van der Waals surface area contributed by atoms with Crippen LogP contribution in [0.4, 0.5) is 0 Å². The van der Waals surface area contributed by atoms with E-state index in [0.29, 0.717) is 13.1 Å². The first-order chi connectivity index (χ1) is 9.21. The molecule has 4 heteroatoms. The standard InChI is InChI=1S/C15H23N3O/c1-5-9-17-15(16-6-2)18-11-13-8-7-12(3)14(10-13)19-4/h5,7-8,10H,1,6,9,11H2,2-4H3,(H2,16,17,18). The van der Waals surface area contributed by atoms with Crippen LogP contribution in [0, 0.1) is 6.92 Å². The smallest absolute Gasteiger partial charge is 0.191 e. The van der Waals surface area contributed by atoms with Crippen LogP contribution in [0.2, 0.25) is 0 Å². The summed E-state index contributed by atoms with van der Waals surface area (Å²) >= 11 is 0. The molecule has 0 aliphatic carbocycles. The first-order valence-electron chi connectivity index (χ1n) is 6.47. The Hall–Kier alpha value is -1.97. The van der Waals surface area contributed by atoms with Crippen LogP contribution in [0.5, 0.6) is 5.75 Å². The van der Waals surface area contributed by atoms with E-state index in [1.54, 1.807) is 7.11 Å². The number of hydrogen-bond donors (Lipinski definition) is 2. The molecular formula is C15H23N3O. The van der Waals surface area contributed by atoms with Crippen molar-refractivity contribution in [1.82, 2.24) is 10.6 Å². The predicted octanol–water partition coefficient (Wildman–Crippen LogP) is 2.24. The van der Waals surface area contributed by atoms with E-state index in [2.05, 4.69) is 28.3 Å². The van der Waals surface area contributed by atoms with Crippen molar-refractivity contribution in [3.8, 4) is 5.75 Å². The Bertz CT molecular complexity index is 441. The first-order valence-corrected chi connectivity index (χ1v) is 6.47. The molecule has 0 amide bonds. The topological polar surface area (TPSA) is 45.7 Å². The van der Waals surface area contributed by atoms with Crippen LogP contribution in [-0.4, -0.2) is 26.2 Å². The number of nitrogens with zero attached hydrogens (tertiary/aromatic N) is 1. The first kappa shape index (κ1) is 15.1. The van der Waals surface area contributed by atoms with Gasteiger partial charge >= 0.3 is 0 Å². The molecule has 104 valence electrons. The Morgan fingerprint density at radius 2 is 2.21 bits per heavy atom. The predicted molar refractivity (Wildman–Crippen MR) is 80.7 cm³/mol. The van der Waals surface area contributed by atoms with Crippen LogP contribution < -0.4 is 15.4 Å². The maximum Gasteiger partial charge on any atom is 0.191 e. The van der Waals surface area contributed by atoms with E-state index in [1.165, 1.54) is 0 Å². The molecule has 0 radical (unpaired) electrons. The normalized spacial score (nSPS) is 11.0. The summed E-state index contributed by atoms with van der Waals surface area (Å²) in [4.78, 5) is 4.52. The molecule has 2 N–H and O–H groups in total. The van der Waals surface area contributed by atoms with Crippen LogP contribution in [0.25, 0.3) is 0 Å². The van der Waals surface area contributed by atoms with Crippen molar-refractivity contribution in [2.24, 2.45) is 4.99 Å². The SMILES string of the molecule is C=CCNC(=NCc1ccc(C)c(OC)c1)NCC. The number of nitrogens with one attached hydrogen (secondary N) is 2. The van der Waals surface area contributed by atoms with Gasteiger partial charge in [-0.1, -0.05) is 18.2 Å². The van der Waals surface area contributed by atoms with Gasteiger partial charge in [0.15, 0.2) is 5.96 Å². The fourth-order valence-corrected chi connectivity index (χ4v) is 1.64. The summed E-state index contributed by atoms with van der Waals surface area (Å²) in [6, 6.07) is 6.14. The van der Waals surface area contributed by atoms with Crippen molar-refractivity contribution in [2.75, 3.05) is 20.2 Å². The van der Waals surface area contributed by atoms with Gasteiger partial charge in [-0.3, -0.25) is 0 Å². The molecule has 0 heterocycles. The maximum absolute atomic E-state index is 5.31. The zero-order chi connectivity index (χ0) is 14.1. The van der Waals surface area contributed by atoms with Crippen molar-refractivity contribution in [3.63, 3.8) is 0 Å². The van der Waals surface area contributed by atoms with Gasteiger partial charge in [-0.05, 0) is 31.0 Å². The van der Waals surface area contributed by atoms with Crippen LogP contribution in [0.3, 0.4) is 0 Å². The Morgan fingerprint density at radius 1 is 1.42 bits per heavy atom. The Morgan fingerprint density at radius 3 is 2.84 bits per heavy atom. The van der Waals surface area contributed by atoms with Gasteiger partial charge in [0.05, 0.1) is 13.7 Å². The van der Waals surface area contributed by atoms with Gasteiger partial charge in [0.25, 0.3) is 0 Å². The van der Waals surface area contributed by atoms with Gasteiger partial charge in [0, 0.05) is 13.1 Å². The lowest BCUT2D eigenvalue weighted by Gasteiger charge is -2.10. The highest BCUT2D eigenvalue weighted by Gasteiger charge is 2.00. The molecule has 0 spiro atoms. The van der Waals surface area contributed by atoms with E-state index in [1.807, 2.05) is 32.1 Å². The number of methoxy groups -OCH3 is 1. The lowest BCUT2D eigenvalue weighted by molar-refractivity contribution is 0.411. The van der Waals surface area contributed by atoms with E-state index in [4.69, 9.17) is 4.74 Å². The van der Waals surface area contributed by atoms with E-state index in [-0.39, 0.29) is 0 Å². The highest BCUT2D eigenvalue weighted by Crippen LogP contribution is 2.19. The number of hydrogen-bond acceptors (Lipinski definition) is 2. The van der Waals surface area contributed by atoms with Gasteiger partial charge in [-0.25, -0.2) is 4.99 Å². The summed E-state index contributed by atoms with van der Waals surface area (Å²) in [6.45, 7) is 9.90. The molecule has 0 aromatic heterocycles. The quantitative estimate of drug-likeness (QED) is 0.469. The van der Waals surface area contributed by atoms with Crippen LogP contribution in [0.1, 0.15) is 18.1 Å². The van der Waals surface area contributed by atoms with Gasteiger partial charge < -0.3 is 15.4 Å². The molecule has 0 fully saturated rings. The van der Waals surface area contributed by atoms with Crippen molar-refractivity contribution in [3.05, 3.63) is 42.0 Å². The molecular weight excluding hydrogens is 238 g/mol.